The molecule has 0 aromatic heterocycles. The van der Waals surface area contributed by atoms with Gasteiger partial charge >= 0.3 is 0 Å². The van der Waals surface area contributed by atoms with Gasteiger partial charge in [-0.15, -0.1) is 0 Å². The standard InChI is InChI=1S/C15H24N2O/c1-17-10-8-14(12-17)11-16-9-7-13-3-5-15(18-2)6-4-13/h3-6,14,16H,7-12H2,1-2H3. The lowest BCUT2D eigenvalue weighted by molar-refractivity contribution is 0.388. The maximum Gasteiger partial charge on any atom is 0.118 e. The average Bonchev–Trinajstić information content (AvgIpc) is 2.81. The molecule has 1 atom stereocenters. The second kappa shape index (κ2) is 6.76. The van der Waals surface area contributed by atoms with Crippen LogP contribution in [0.3, 0.4) is 0 Å². The first-order valence-electron chi connectivity index (χ1n) is 6.80. The highest BCUT2D eigenvalue weighted by Gasteiger charge is 2.18. The van der Waals surface area contributed by atoms with Crippen LogP contribution in [0.2, 0.25) is 0 Å². The number of methoxy groups -OCH3 is 1. The fraction of sp³-hybridized carbons (Fsp3) is 0.600. The second-order valence-corrected chi connectivity index (χ2v) is 5.22. The number of hydrogen-bond donors (Lipinski definition) is 1. The van der Waals surface area contributed by atoms with Crippen molar-refractivity contribution in [2.75, 3.05) is 40.3 Å². The molecule has 1 fully saturated rings. The lowest BCUT2D eigenvalue weighted by Gasteiger charge is -2.11. The molecule has 1 aliphatic rings. The van der Waals surface area contributed by atoms with Crippen LogP contribution in [-0.4, -0.2) is 45.2 Å². The summed E-state index contributed by atoms with van der Waals surface area (Å²) < 4.78 is 5.15. The lowest BCUT2D eigenvalue weighted by atomic mass is 10.1. The van der Waals surface area contributed by atoms with Gasteiger partial charge in [-0.2, -0.15) is 0 Å². The Bertz CT molecular complexity index is 350. The molecule has 0 bridgehead atoms. The van der Waals surface area contributed by atoms with Crippen LogP contribution in [0.4, 0.5) is 0 Å². The normalized spacial score (nSPS) is 20.2. The summed E-state index contributed by atoms with van der Waals surface area (Å²) in [4.78, 5) is 2.41. The SMILES string of the molecule is COc1ccc(CCNCC2CCN(C)C2)cc1. The van der Waals surface area contributed by atoms with Gasteiger partial charge in [0.15, 0.2) is 0 Å². The molecule has 1 aromatic carbocycles. The van der Waals surface area contributed by atoms with Crippen molar-refractivity contribution < 1.29 is 4.74 Å². The van der Waals surface area contributed by atoms with Gasteiger partial charge in [-0.25, -0.2) is 0 Å². The molecule has 0 spiro atoms. The summed E-state index contributed by atoms with van der Waals surface area (Å²) in [5, 5.41) is 3.57. The van der Waals surface area contributed by atoms with Crippen molar-refractivity contribution in [3.63, 3.8) is 0 Å². The predicted octanol–water partition coefficient (Wildman–Crippen LogP) is 1.78. The van der Waals surface area contributed by atoms with Crippen molar-refractivity contribution in [2.45, 2.75) is 12.8 Å². The molecule has 1 aliphatic heterocycles. The van der Waals surface area contributed by atoms with E-state index in [0.717, 1.165) is 31.2 Å². The third-order valence-electron chi connectivity index (χ3n) is 3.67. The molecule has 2 rings (SSSR count). The number of hydrogen-bond acceptors (Lipinski definition) is 3. The lowest BCUT2D eigenvalue weighted by Crippen LogP contribution is -2.26. The topological polar surface area (TPSA) is 24.5 Å². The molecule has 0 amide bonds. The van der Waals surface area contributed by atoms with E-state index in [1.54, 1.807) is 7.11 Å². The Morgan fingerprint density at radius 2 is 2.11 bits per heavy atom. The molecule has 100 valence electrons. The van der Waals surface area contributed by atoms with E-state index in [1.165, 1.54) is 25.1 Å². The Kier molecular flexibility index (Phi) is 5.02. The van der Waals surface area contributed by atoms with Gasteiger partial charge in [-0.1, -0.05) is 12.1 Å². The zero-order valence-corrected chi connectivity index (χ0v) is 11.5. The minimum atomic E-state index is 0.839. The van der Waals surface area contributed by atoms with Crippen LogP contribution in [0.15, 0.2) is 24.3 Å². The summed E-state index contributed by atoms with van der Waals surface area (Å²) in [7, 11) is 3.91. The third-order valence-corrected chi connectivity index (χ3v) is 3.67. The molecule has 1 unspecified atom stereocenters. The number of benzene rings is 1. The Labute approximate surface area is 110 Å². The summed E-state index contributed by atoms with van der Waals surface area (Å²) in [6.07, 6.45) is 2.43. The van der Waals surface area contributed by atoms with Gasteiger partial charge in [0.2, 0.25) is 0 Å². The first-order valence-corrected chi connectivity index (χ1v) is 6.80. The van der Waals surface area contributed by atoms with E-state index in [2.05, 4.69) is 29.4 Å². The van der Waals surface area contributed by atoms with Crippen LogP contribution in [0.25, 0.3) is 0 Å². The van der Waals surface area contributed by atoms with Gasteiger partial charge in [-0.05, 0) is 63.1 Å². The van der Waals surface area contributed by atoms with Gasteiger partial charge in [0.25, 0.3) is 0 Å². The van der Waals surface area contributed by atoms with Crippen LogP contribution in [0, 0.1) is 5.92 Å². The van der Waals surface area contributed by atoms with E-state index in [4.69, 9.17) is 4.74 Å². The fourth-order valence-corrected chi connectivity index (χ4v) is 2.52. The summed E-state index contributed by atoms with van der Waals surface area (Å²) in [6, 6.07) is 8.34. The monoisotopic (exact) mass is 248 g/mol. The molecule has 1 saturated heterocycles. The summed E-state index contributed by atoms with van der Waals surface area (Å²) in [5.41, 5.74) is 1.37. The third kappa shape index (κ3) is 4.00. The highest BCUT2D eigenvalue weighted by atomic mass is 16.5. The number of nitrogens with zero attached hydrogens (tertiary/aromatic N) is 1. The largest absolute Gasteiger partial charge is 0.497 e. The molecule has 0 radical (unpaired) electrons. The molecule has 3 heteroatoms. The predicted molar refractivity (Wildman–Crippen MR) is 75.2 cm³/mol. The number of nitrogens with one attached hydrogen (secondary N) is 1. The van der Waals surface area contributed by atoms with Gasteiger partial charge in [-0.3, -0.25) is 0 Å². The Balaban J connectivity index is 1.62. The van der Waals surface area contributed by atoms with Crippen molar-refractivity contribution in [2.24, 2.45) is 5.92 Å². The zero-order chi connectivity index (χ0) is 12.8. The highest BCUT2D eigenvalue weighted by Crippen LogP contribution is 2.13. The van der Waals surface area contributed by atoms with Crippen LogP contribution >= 0.6 is 0 Å². The second-order valence-electron chi connectivity index (χ2n) is 5.22. The highest BCUT2D eigenvalue weighted by molar-refractivity contribution is 5.27. The van der Waals surface area contributed by atoms with Crippen LogP contribution in [0.5, 0.6) is 5.75 Å². The van der Waals surface area contributed by atoms with Gasteiger partial charge in [0.05, 0.1) is 7.11 Å². The smallest absolute Gasteiger partial charge is 0.118 e. The van der Waals surface area contributed by atoms with E-state index >= 15 is 0 Å². The Morgan fingerprint density at radius 3 is 2.72 bits per heavy atom. The first kappa shape index (κ1) is 13.4. The van der Waals surface area contributed by atoms with Crippen molar-refractivity contribution in [1.82, 2.24) is 10.2 Å². The average molecular weight is 248 g/mol. The van der Waals surface area contributed by atoms with E-state index in [9.17, 15) is 0 Å². The summed E-state index contributed by atoms with van der Waals surface area (Å²) in [6.45, 7) is 4.72. The number of ether oxygens (including phenoxy) is 1. The fourth-order valence-electron chi connectivity index (χ4n) is 2.52. The number of rotatable bonds is 6. The molecule has 1 heterocycles. The van der Waals surface area contributed by atoms with Crippen molar-refractivity contribution in [3.8, 4) is 5.75 Å². The number of likely N-dealkylation sites (tertiary alicyclic amines) is 1. The quantitative estimate of drug-likeness (QED) is 0.777. The molecule has 3 nitrogen and oxygen atoms in total. The minimum Gasteiger partial charge on any atom is -0.497 e. The van der Waals surface area contributed by atoms with E-state index < -0.39 is 0 Å². The zero-order valence-electron chi connectivity index (χ0n) is 11.5. The van der Waals surface area contributed by atoms with Crippen molar-refractivity contribution >= 4 is 0 Å². The van der Waals surface area contributed by atoms with Crippen LogP contribution in [-0.2, 0) is 6.42 Å². The first-order chi connectivity index (χ1) is 8.78. The molecule has 0 aliphatic carbocycles. The molecular weight excluding hydrogens is 224 g/mol. The van der Waals surface area contributed by atoms with Crippen LogP contribution in [0.1, 0.15) is 12.0 Å². The van der Waals surface area contributed by atoms with E-state index in [-0.39, 0.29) is 0 Å². The maximum atomic E-state index is 5.15. The molecule has 18 heavy (non-hydrogen) atoms. The Hall–Kier alpha value is -1.06. The van der Waals surface area contributed by atoms with Gasteiger partial charge in [0.1, 0.15) is 5.75 Å². The maximum absolute atomic E-state index is 5.15. The van der Waals surface area contributed by atoms with E-state index in [1.807, 2.05) is 12.1 Å². The van der Waals surface area contributed by atoms with Gasteiger partial charge in [0, 0.05) is 6.54 Å². The van der Waals surface area contributed by atoms with Crippen LogP contribution < -0.4 is 10.1 Å². The van der Waals surface area contributed by atoms with Gasteiger partial charge < -0.3 is 15.0 Å². The van der Waals surface area contributed by atoms with Crippen molar-refractivity contribution in [3.05, 3.63) is 29.8 Å². The summed E-state index contributed by atoms with van der Waals surface area (Å²) in [5.74, 6) is 1.77. The molecule has 1 N–H and O–H groups in total. The van der Waals surface area contributed by atoms with E-state index in [0.29, 0.717) is 0 Å². The molecule has 0 saturated carbocycles. The minimum absolute atomic E-state index is 0.839. The Morgan fingerprint density at radius 1 is 1.33 bits per heavy atom. The van der Waals surface area contributed by atoms with Crippen molar-refractivity contribution in [1.29, 1.82) is 0 Å². The summed E-state index contributed by atoms with van der Waals surface area (Å²) >= 11 is 0. The molecular formula is C15H24N2O. The molecule has 1 aromatic rings.